The second kappa shape index (κ2) is 8.35. The predicted octanol–water partition coefficient (Wildman–Crippen LogP) is 1.99. The molecule has 0 saturated carbocycles. The molecule has 1 N–H and O–H groups in total. The molecule has 0 radical (unpaired) electrons. The van der Waals surface area contributed by atoms with E-state index >= 15 is 0 Å². The smallest absolute Gasteiger partial charge is 0.274 e. The van der Waals surface area contributed by atoms with E-state index in [1.807, 2.05) is 30.3 Å². The zero-order valence-corrected chi connectivity index (χ0v) is 18.7. The van der Waals surface area contributed by atoms with E-state index in [9.17, 15) is 29.3 Å². The van der Waals surface area contributed by atoms with Crippen LogP contribution < -0.4 is 16.3 Å². The van der Waals surface area contributed by atoms with E-state index in [0.29, 0.717) is 5.57 Å². The molecular formula is C24H21N5O6. The van der Waals surface area contributed by atoms with Crippen LogP contribution in [0.25, 0.3) is 0 Å². The Morgan fingerprint density at radius 3 is 2.34 bits per heavy atom. The molecule has 11 heteroatoms. The summed E-state index contributed by atoms with van der Waals surface area (Å²) in [5, 5.41) is 13.5. The Morgan fingerprint density at radius 2 is 1.69 bits per heavy atom. The minimum absolute atomic E-state index is 0.106. The highest BCUT2D eigenvalue weighted by molar-refractivity contribution is 6.22. The van der Waals surface area contributed by atoms with Crippen LogP contribution in [0, 0.1) is 22.0 Å². The number of non-ortho nitro benzene ring substituents is 1. The number of imide groups is 1. The van der Waals surface area contributed by atoms with Crippen LogP contribution in [0.2, 0.25) is 0 Å². The number of aromatic amines is 1. The van der Waals surface area contributed by atoms with Gasteiger partial charge >= 0.3 is 11.4 Å². The summed E-state index contributed by atoms with van der Waals surface area (Å²) in [5.41, 5.74) is 0.498. The number of aromatic nitrogens is 3. The van der Waals surface area contributed by atoms with Crippen LogP contribution >= 0.6 is 0 Å². The molecule has 3 aromatic rings. The fourth-order valence-corrected chi connectivity index (χ4v) is 4.84. The number of nitrogens with zero attached hydrogens (tertiary/aromatic N) is 4. The van der Waals surface area contributed by atoms with E-state index in [-0.39, 0.29) is 24.3 Å². The van der Waals surface area contributed by atoms with Crippen LogP contribution in [0.5, 0.6) is 0 Å². The van der Waals surface area contributed by atoms with E-state index in [1.165, 1.54) is 28.9 Å². The zero-order chi connectivity index (χ0) is 24.9. The number of rotatable bonds is 5. The number of benzene rings is 2. The fourth-order valence-electron chi connectivity index (χ4n) is 4.84. The minimum Gasteiger partial charge on any atom is -0.274 e. The number of carbonyl (C=O) groups is 2. The topological polar surface area (TPSA) is 140 Å². The monoisotopic (exact) mass is 475 g/mol. The number of nitrogens with one attached hydrogen (secondary N) is 1. The van der Waals surface area contributed by atoms with Gasteiger partial charge in [-0.15, -0.1) is 0 Å². The number of amides is 2. The Labute approximate surface area is 198 Å². The maximum Gasteiger partial charge on any atom is 0.347 e. The van der Waals surface area contributed by atoms with Crippen LogP contribution in [-0.2, 0) is 16.1 Å². The van der Waals surface area contributed by atoms with E-state index in [0.717, 1.165) is 15.0 Å². The molecule has 2 aromatic carbocycles. The van der Waals surface area contributed by atoms with Crippen molar-refractivity contribution in [3.8, 4) is 0 Å². The third-order valence-electron chi connectivity index (χ3n) is 6.63. The second-order valence-electron chi connectivity index (χ2n) is 8.72. The van der Waals surface area contributed by atoms with Gasteiger partial charge in [-0.3, -0.25) is 19.7 Å². The summed E-state index contributed by atoms with van der Waals surface area (Å²) in [6.07, 6.45) is 1.83. The molecule has 11 nitrogen and oxygen atoms in total. The highest BCUT2D eigenvalue weighted by atomic mass is 16.6. The summed E-state index contributed by atoms with van der Waals surface area (Å²) in [4.78, 5) is 63.4. The van der Waals surface area contributed by atoms with Gasteiger partial charge in [-0.05, 0) is 31.0 Å². The molecule has 1 fully saturated rings. The van der Waals surface area contributed by atoms with Gasteiger partial charge in [0.15, 0.2) is 0 Å². The molecule has 2 heterocycles. The average Bonchev–Trinajstić information content (AvgIpc) is 3.26. The number of H-pyrrole nitrogens is 1. The number of carbonyl (C=O) groups excluding carboxylic acids is 2. The molecular weight excluding hydrogens is 454 g/mol. The molecule has 3 atom stereocenters. The van der Waals surface area contributed by atoms with Crippen LogP contribution in [-0.4, -0.2) is 31.1 Å². The van der Waals surface area contributed by atoms with E-state index in [4.69, 9.17) is 0 Å². The first-order chi connectivity index (χ1) is 16.8. The van der Waals surface area contributed by atoms with Crippen molar-refractivity contribution >= 4 is 23.2 Å². The van der Waals surface area contributed by atoms with E-state index in [2.05, 4.69) is 5.10 Å². The quantitative estimate of drug-likeness (QED) is 0.259. The van der Waals surface area contributed by atoms with Gasteiger partial charge in [-0.2, -0.15) is 0 Å². The van der Waals surface area contributed by atoms with Gasteiger partial charge in [0.05, 0.1) is 35.0 Å². The normalized spacial score (nSPS) is 21.7. The number of hydrogen-bond donors (Lipinski definition) is 1. The summed E-state index contributed by atoms with van der Waals surface area (Å²) in [6.45, 7) is 1.86. The number of fused-ring (bicyclic) bond motifs is 1. The molecule has 1 aromatic heterocycles. The van der Waals surface area contributed by atoms with Crippen molar-refractivity contribution in [1.29, 1.82) is 0 Å². The van der Waals surface area contributed by atoms with E-state index < -0.39 is 46.0 Å². The van der Waals surface area contributed by atoms with Gasteiger partial charge in [0.1, 0.15) is 0 Å². The summed E-state index contributed by atoms with van der Waals surface area (Å²) >= 11 is 0. The van der Waals surface area contributed by atoms with Crippen molar-refractivity contribution in [3.05, 3.63) is 103 Å². The van der Waals surface area contributed by atoms with Crippen LogP contribution in [0.1, 0.15) is 24.9 Å². The molecule has 1 saturated heterocycles. The van der Waals surface area contributed by atoms with Gasteiger partial charge in [-0.25, -0.2) is 28.8 Å². The fraction of sp³-hybridized carbons (Fsp3) is 0.250. The van der Waals surface area contributed by atoms with Crippen LogP contribution in [0.4, 0.5) is 11.4 Å². The third-order valence-corrected chi connectivity index (χ3v) is 6.63. The van der Waals surface area contributed by atoms with Crippen molar-refractivity contribution < 1.29 is 14.5 Å². The first-order valence-electron chi connectivity index (χ1n) is 11.0. The number of nitro groups is 1. The SMILES string of the molecule is CC1=CC2C(=O)N(c3ccc([N+](=O)[O-])cc3)C(=O)C2CC1n1[nH]c(=O)n(Cc2ccccc2)c1=O. The predicted molar refractivity (Wildman–Crippen MR) is 125 cm³/mol. The van der Waals surface area contributed by atoms with Gasteiger partial charge < -0.3 is 0 Å². The molecule has 5 rings (SSSR count). The summed E-state index contributed by atoms with van der Waals surface area (Å²) in [6, 6.07) is 13.7. The minimum atomic E-state index is -0.723. The lowest BCUT2D eigenvalue weighted by molar-refractivity contribution is -0.384. The Bertz CT molecular complexity index is 1480. The van der Waals surface area contributed by atoms with Crippen molar-refractivity contribution in [2.24, 2.45) is 11.8 Å². The number of allylic oxidation sites excluding steroid dienone is 1. The summed E-state index contributed by atoms with van der Waals surface area (Å²) < 4.78 is 2.32. The van der Waals surface area contributed by atoms with Crippen molar-refractivity contribution in [1.82, 2.24) is 14.3 Å². The Morgan fingerprint density at radius 1 is 1.00 bits per heavy atom. The van der Waals surface area contributed by atoms with Gasteiger partial charge in [-0.1, -0.05) is 42.0 Å². The first kappa shape index (κ1) is 22.3. The summed E-state index contributed by atoms with van der Waals surface area (Å²) in [7, 11) is 0. The van der Waals surface area contributed by atoms with Crippen molar-refractivity contribution in [3.63, 3.8) is 0 Å². The highest BCUT2D eigenvalue weighted by Crippen LogP contribution is 2.42. The van der Waals surface area contributed by atoms with Crippen molar-refractivity contribution in [2.45, 2.75) is 25.9 Å². The average molecular weight is 475 g/mol. The largest absolute Gasteiger partial charge is 0.347 e. The Kier molecular flexibility index (Phi) is 5.31. The number of nitro benzene ring substituents is 1. The molecule has 2 amide bonds. The third kappa shape index (κ3) is 3.70. The summed E-state index contributed by atoms with van der Waals surface area (Å²) in [5.74, 6) is -2.29. The van der Waals surface area contributed by atoms with Crippen LogP contribution in [0.15, 0.2) is 75.8 Å². The molecule has 0 spiro atoms. The van der Waals surface area contributed by atoms with Gasteiger partial charge in [0.2, 0.25) is 11.8 Å². The lowest BCUT2D eigenvalue weighted by Crippen LogP contribution is -2.35. The lowest BCUT2D eigenvalue weighted by Gasteiger charge is -2.27. The first-order valence-corrected chi connectivity index (χ1v) is 11.0. The van der Waals surface area contributed by atoms with Gasteiger partial charge in [0, 0.05) is 12.1 Å². The zero-order valence-electron chi connectivity index (χ0n) is 18.7. The Balaban J connectivity index is 1.44. The molecule has 1 aliphatic heterocycles. The standard InChI is InChI=1S/C24H21N5O6/c1-14-11-18-19(22(31)27(21(18)30)16-7-9-17(10-8-16)29(34)35)12-20(14)28-24(33)26(23(32)25-28)13-15-5-3-2-4-6-15/h2-11,18-20H,12-13H2,1H3,(H,25,32). The molecule has 178 valence electrons. The molecule has 1 aliphatic carbocycles. The number of hydrogen-bond acceptors (Lipinski definition) is 6. The molecule has 35 heavy (non-hydrogen) atoms. The Hall–Kier alpha value is -4.54. The van der Waals surface area contributed by atoms with Crippen LogP contribution in [0.3, 0.4) is 0 Å². The molecule has 3 unspecified atom stereocenters. The second-order valence-corrected chi connectivity index (χ2v) is 8.72. The van der Waals surface area contributed by atoms with Gasteiger partial charge in [0.25, 0.3) is 5.69 Å². The molecule has 2 aliphatic rings. The number of anilines is 1. The highest BCUT2D eigenvalue weighted by Gasteiger charge is 2.50. The van der Waals surface area contributed by atoms with E-state index in [1.54, 1.807) is 13.0 Å². The molecule has 0 bridgehead atoms. The lowest BCUT2D eigenvalue weighted by atomic mass is 9.80. The maximum absolute atomic E-state index is 13.2. The van der Waals surface area contributed by atoms with Crippen molar-refractivity contribution in [2.75, 3.05) is 4.90 Å². The maximum atomic E-state index is 13.2.